The van der Waals surface area contributed by atoms with Crippen LogP contribution in [0.3, 0.4) is 0 Å². The highest BCUT2D eigenvalue weighted by molar-refractivity contribution is 5.25. The molecule has 112 valence electrons. The first-order chi connectivity index (χ1) is 10.1. The molecule has 1 heterocycles. The molecule has 0 amide bonds. The van der Waals surface area contributed by atoms with E-state index in [2.05, 4.69) is 16.8 Å². The number of hydrogen-bond donors (Lipinski definition) is 1. The molecule has 2 N–H and O–H groups in total. The molecule has 0 saturated carbocycles. The first-order valence-corrected chi connectivity index (χ1v) is 7.24. The molecule has 2 aromatic rings. The summed E-state index contributed by atoms with van der Waals surface area (Å²) in [4.78, 5) is 6.80. The zero-order chi connectivity index (χ0) is 15.2. The molecule has 21 heavy (non-hydrogen) atoms. The van der Waals surface area contributed by atoms with E-state index in [1.54, 1.807) is 0 Å². The van der Waals surface area contributed by atoms with Crippen LogP contribution in [0.1, 0.15) is 29.4 Å². The zero-order valence-electron chi connectivity index (χ0n) is 12.6. The molecular formula is C17H22FN3. The first kappa shape index (κ1) is 15.6. The highest BCUT2D eigenvalue weighted by Gasteiger charge is 2.08. The van der Waals surface area contributed by atoms with Crippen molar-refractivity contribution in [3.8, 4) is 0 Å². The maximum Gasteiger partial charge on any atom is 0.127 e. The van der Waals surface area contributed by atoms with Gasteiger partial charge in [0.05, 0.1) is 5.69 Å². The molecular weight excluding hydrogens is 265 g/mol. The van der Waals surface area contributed by atoms with E-state index >= 15 is 0 Å². The lowest BCUT2D eigenvalue weighted by Crippen LogP contribution is -2.23. The minimum atomic E-state index is -0.232. The Morgan fingerprint density at radius 3 is 2.67 bits per heavy atom. The summed E-state index contributed by atoms with van der Waals surface area (Å²) in [5.74, 6) is -0.232. The second-order valence-corrected chi connectivity index (χ2v) is 5.20. The van der Waals surface area contributed by atoms with E-state index < -0.39 is 0 Å². The minimum absolute atomic E-state index is 0.227. The lowest BCUT2D eigenvalue weighted by atomic mass is 10.1. The molecule has 0 radical (unpaired) electrons. The molecule has 0 aliphatic heterocycles. The number of hydrogen-bond acceptors (Lipinski definition) is 3. The monoisotopic (exact) mass is 287 g/mol. The number of benzene rings is 1. The van der Waals surface area contributed by atoms with Gasteiger partial charge in [0.25, 0.3) is 0 Å². The summed E-state index contributed by atoms with van der Waals surface area (Å²) in [5.41, 5.74) is 9.28. The van der Waals surface area contributed by atoms with Crippen molar-refractivity contribution in [2.45, 2.75) is 33.5 Å². The van der Waals surface area contributed by atoms with Crippen LogP contribution in [0, 0.1) is 12.7 Å². The van der Waals surface area contributed by atoms with Gasteiger partial charge in [-0.25, -0.2) is 4.39 Å². The average molecular weight is 287 g/mol. The van der Waals surface area contributed by atoms with E-state index in [0.717, 1.165) is 36.6 Å². The van der Waals surface area contributed by atoms with Crippen molar-refractivity contribution in [1.29, 1.82) is 0 Å². The lowest BCUT2D eigenvalue weighted by molar-refractivity contribution is 0.268. The number of nitrogens with zero attached hydrogens (tertiary/aromatic N) is 2. The van der Waals surface area contributed by atoms with Crippen molar-refractivity contribution >= 4 is 0 Å². The molecule has 1 aromatic heterocycles. The maximum absolute atomic E-state index is 13.5. The Kier molecular flexibility index (Phi) is 5.42. The third-order valence-corrected chi connectivity index (χ3v) is 3.52. The molecule has 1 aromatic carbocycles. The smallest absolute Gasteiger partial charge is 0.127 e. The van der Waals surface area contributed by atoms with Crippen molar-refractivity contribution in [2.75, 3.05) is 6.54 Å². The van der Waals surface area contributed by atoms with Gasteiger partial charge in [-0.3, -0.25) is 9.88 Å². The minimum Gasteiger partial charge on any atom is -0.326 e. The first-order valence-electron chi connectivity index (χ1n) is 7.24. The second kappa shape index (κ2) is 7.29. The summed E-state index contributed by atoms with van der Waals surface area (Å²) < 4.78 is 13.5. The molecule has 0 aliphatic rings. The highest BCUT2D eigenvalue weighted by atomic mass is 19.1. The molecule has 4 heteroatoms. The van der Waals surface area contributed by atoms with E-state index in [-0.39, 0.29) is 12.4 Å². The van der Waals surface area contributed by atoms with E-state index in [1.165, 1.54) is 6.07 Å². The van der Waals surface area contributed by atoms with Crippen LogP contribution in [-0.2, 0) is 19.6 Å². The number of aryl methyl sites for hydroxylation is 1. The highest BCUT2D eigenvalue weighted by Crippen LogP contribution is 2.13. The van der Waals surface area contributed by atoms with Crippen LogP contribution in [0.25, 0.3) is 0 Å². The number of nitrogens with two attached hydrogens (primary N) is 1. The maximum atomic E-state index is 13.5. The summed E-state index contributed by atoms with van der Waals surface area (Å²) >= 11 is 0. The third kappa shape index (κ3) is 4.34. The molecule has 3 nitrogen and oxygen atoms in total. The summed E-state index contributed by atoms with van der Waals surface area (Å²) in [6.07, 6.45) is 0. The third-order valence-electron chi connectivity index (χ3n) is 3.52. The van der Waals surface area contributed by atoms with Gasteiger partial charge >= 0.3 is 0 Å². The molecule has 2 rings (SSSR count). The Hall–Kier alpha value is -1.78. The zero-order valence-corrected chi connectivity index (χ0v) is 12.6. The largest absolute Gasteiger partial charge is 0.326 e. The van der Waals surface area contributed by atoms with Crippen molar-refractivity contribution < 1.29 is 4.39 Å². The normalized spacial score (nSPS) is 11.1. The Morgan fingerprint density at radius 1 is 1.19 bits per heavy atom. The van der Waals surface area contributed by atoms with E-state index in [4.69, 9.17) is 5.73 Å². The predicted octanol–water partition coefficient (Wildman–Crippen LogP) is 3.01. The Labute approximate surface area is 125 Å². The SMILES string of the molecule is CCN(Cc1ccc(F)c(CN)c1)Cc1cccc(C)n1. The summed E-state index contributed by atoms with van der Waals surface area (Å²) in [5, 5.41) is 0. The number of halogens is 1. The van der Waals surface area contributed by atoms with Gasteiger partial charge in [0.2, 0.25) is 0 Å². The van der Waals surface area contributed by atoms with Crippen LogP contribution in [0.4, 0.5) is 4.39 Å². The van der Waals surface area contributed by atoms with Crippen molar-refractivity contribution in [3.63, 3.8) is 0 Å². The Morgan fingerprint density at radius 2 is 2.00 bits per heavy atom. The van der Waals surface area contributed by atoms with E-state index in [1.807, 2.05) is 37.3 Å². The van der Waals surface area contributed by atoms with Crippen LogP contribution in [0.5, 0.6) is 0 Å². The van der Waals surface area contributed by atoms with E-state index in [9.17, 15) is 4.39 Å². The van der Waals surface area contributed by atoms with E-state index in [0.29, 0.717) is 5.56 Å². The Bertz CT molecular complexity index is 598. The fourth-order valence-corrected chi connectivity index (χ4v) is 2.34. The van der Waals surface area contributed by atoms with Gasteiger partial charge in [0, 0.05) is 30.9 Å². The summed E-state index contributed by atoms with van der Waals surface area (Å²) in [7, 11) is 0. The van der Waals surface area contributed by atoms with Crippen LogP contribution in [0.2, 0.25) is 0 Å². The fraction of sp³-hybridized carbons (Fsp3) is 0.353. The standard InChI is InChI=1S/C17H22FN3/c1-3-21(12-16-6-4-5-13(2)20-16)11-14-7-8-17(18)15(9-14)10-19/h4-9H,3,10-12,19H2,1-2H3. The molecule has 0 saturated heterocycles. The summed E-state index contributed by atoms with van der Waals surface area (Å²) in [6.45, 7) is 6.79. The van der Waals surface area contributed by atoms with Gasteiger partial charge in [0.15, 0.2) is 0 Å². The molecule has 0 bridgehead atoms. The summed E-state index contributed by atoms with van der Waals surface area (Å²) in [6, 6.07) is 11.2. The molecule has 0 fully saturated rings. The molecule has 0 unspecified atom stereocenters. The van der Waals surface area contributed by atoms with Gasteiger partial charge in [0.1, 0.15) is 5.82 Å². The van der Waals surface area contributed by atoms with Crippen molar-refractivity contribution in [1.82, 2.24) is 9.88 Å². The Balaban J connectivity index is 2.08. The van der Waals surface area contributed by atoms with Crippen molar-refractivity contribution in [3.05, 3.63) is 64.7 Å². The van der Waals surface area contributed by atoms with Gasteiger partial charge < -0.3 is 5.73 Å². The number of rotatable bonds is 6. The fourth-order valence-electron chi connectivity index (χ4n) is 2.34. The number of pyridine rings is 1. The second-order valence-electron chi connectivity index (χ2n) is 5.20. The van der Waals surface area contributed by atoms with Gasteiger partial charge in [-0.15, -0.1) is 0 Å². The van der Waals surface area contributed by atoms with Gasteiger partial charge in [-0.1, -0.05) is 25.1 Å². The molecule has 0 aliphatic carbocycles. The van der Waals surface area contributed by atoms with Gasteiger partial charge in [-0.2, -0.15) is 0 Å². The lowest BCUT2D eigenvalue weighted by Gasteiger charge is -2.20. The molecule has 0 spiro atoms. The van der Waals surface area contributed by atoms with Crippen LogP contribution >= 0.6 is 0 Å². The van der Waals surface area contributed by atoms with Gasteiger partial charge in [-0.05, 0) is 37.2 Å². The predicted molar refractivity (Wildman–Crippen MR) is 83.1 cm³/mol. The molecule has 0 atom stereocenters. The van der Waals surface area contributed by atoms with Crippen molar-refractivity contribution in [2.24, 2.45) is 5.73 Å². The van der Waals surface area contributed by atoms with Crippen LogP contribution < -0.4 is 5.73 Å². The quantitative estimate of drug-likeness (QED) is 0.888. The number of aromatic nitrogens is 1. The average Bonchev–Trinajstić information content (AvgIpc) is 2.48. The van der Waals surface area contributed by atoms with Crippen LogP contribution in [0.15, 0.2) is 36.4 Å². The topological polar surface area (TPSA) is 42.1 Å². The van der Waals surface area contributed by atoms with Crippen LogP contribution in [-0.4, -0.2) is 16.4 Å².